The van der Waals surface area contributed by atoms with Gasteiger partial charge in [0.1, 0.15) is 0 Å². The van der Waals surface area contributed by atoms with Crippen LogP contribution in [0.4, 0.5) is 5.13 Å². The van der Waals surface area contributed by atoms with Crippen molar-refractivity contribution in [2.24, 2.45) is 0 Å². The Labute approximate surface area is 163 Å². The van der Waals surface area contributed by atoms with E-state index in [0.29, 0.717) is 6.42 Å². The van der Waals surface area contributed by atoms with Gasteiger partial charge in [0.2, 0.25) is 5.91 Å². The number of hydrogen-bond acceptors (Lipinski definition) is 6. The Balaban J connectivity index is 1.27. The first-order valence-electron chi connectivity index (χ1n) is 9.50. The summed E-state index contributed by atoms with van der Waals surface area (Å²) in [6, 6.07) is 4.05. The van der Waals surface area contributed by atoms with Crippen molar-refractivity contribution >= 4 is 33.7 Å². The van der Waals surface area contributed by atoms with Gasteiger partial charge in [0.05, 0.1) is 12.1 Å². The third-order valence-electron chi connectivity index (χ3n) is 5.18. The van der Waals surface area contributed by atoms with Gasteiger partial charge in [-0.1, -0.05) is 12.5 Å². The summed E-state index contributed by atoms with van der Waals surface area (Å²) in [5.41, 5.74) is 1.20. The van der Waals surface area contributed by atoms with E-state index in [9.17, 15) is 4.79 Å². The summed E-state index contributed by atoms with van der Waals surface area (Å²) in [5, 5.41) is 5.35. The molecular weight excluding hydrogens is 364 g/mol. The summed E-state index contributed by atoms with van der Waals surface area (Å²) in [6.45, 7) is 6.75. The Morgan fingerprint density at radius 2 is 1.85 bits per heavy atom. The Bertz CT molecular complexity index is 701. The second-order valence-corrected chi connectivity index (χ2v) is 8.95. The van der Waals surface area contributed by atoms with Gasteiger partial charge in [-0.3, -0.25) is 9.69 Å². The number of aromatic nitrogens is 1. The van der Waals surface area contributed by atoms with Gasteiger partial charge in [-0.2, -0.15) is 0 Å². The van der Waals surface area contributed by atoms with E-state index in [1.807, 2.05) is 22.4 Å². The first-order valence-corrected chi connectivity index (χ1v) is 11.3. The highest BCUT2D eigenvalue weighted by Crippen LogP contribution is 2.24. The van der Waals surface area contributed by atoms with E-state index in [2.05, 4.69) is 15.2 Å². The predicted octanol–water partition coefficient (Wildman–Crippen LogP) is 3.08. The molecular formula is C19H26N4OS2. The van der Waals surface area contributed by atoms with Crippen LogP contribution in [-0.2, 0) is 17.8 Å². The lowest BCUT2D eigenvalue weighted by Gasteiger charge is -2.34. The molecule has 140 valence electrons. The molecule has 0 unspecified atom stereocenters. The number of likely N-dealkylation sites (tertiary alicyclic amines) is 1. The standard InChI is InChI=1S/C19H26N4OS2/c24-18(13-17-5-4-12-25-17)22-8-10-23(11-9-22)19-20-16(15-26-19)14-21-6-2-1-3-7-21/h4-5,12,15H,1-3,6-11,13-14H2. The molecule has 0 aromatic carbocycles. The first-order chi connectivity index (χ1) is 12.8. The molecule has 1 amide bonds. The van der Waals surface area contributed by atoms with Crippen LogP contribution in [0.1, 0.15) is 29.8 Å². The molecule has 0 saturated carbocycles. The van der Waals surface area contributed by atoms with Gasteiger partial charge in [0.15, 0.2) is 5.13 Å². The molecule has 0 N–H and O–H groups in total. The summed E-state index contributed by atoms with van der Waals surface area (Å²) in [7, 11) is 0. The van der Waals surface area contributed by atoms with Crippen molar-refractivity contribution in [3.05, 3.63) is 33.5 Å². The van der Waals surface area contributed by atoms with Gasteiger partial charge in [0.25, 0.3) is 0 Å². The maximum atomic E-state index is 12.4. The summed E-state index contributed by atoms with van der Waals surface area (Å²) < 4.78 is 0. The average molecular weight is 391 g/mol. The van der Waals surface area contributed by atoms with E-state index in [1.54, 1.807) is 22.7 Å². The van der Waals surface area contributed by atoms with Crippen LogP contribution in [0.3, 0.4) is 0 Å². The minimum Gasteiger partial charge on any atom is -0.345 e. The Kier molecular flexibility index (Phi) is 5.87. The molecule has 2 aliphatic rings. The minimum absolute atomic E-state index is 0.247. The van der Waals surface area contributed by atoms with Crippen molar-refractivity contribution in [1.82, 2.24) is 14.8 Å². The largest absolute Gasteiger partial charge is 0.345 e. The molecule has 2 aliphatic heterocycles. The van der Waals surface area contributed by atoms with Crippen molar-refractivity contribution < 1.29 is 4.79 Å². The van der Waals surface area contributed by atoms with E-state index in [1.165, 1.54) is 38.0 Å². The molecule has 26 heavy (non-hydrogen) atoms. The molecule has 4 rings (SSSR count). The van der Waals surface area contributed by atoms with Crippen LogP contribution in [0.15, 0.2) is 22.9 Å². The number of carbonyl (C=O) groups excluding carboxylic acids is 1. The number of rotatable bonds is 5. The molecule has 0 atom stereocenters. The number of thiazole rings is 1. The van der Waals surface area contributed by atoms with Gasteiger partial charge in [-0.05, 0) is 37.4 Å². The number of amides is 1. The third kappa shape index (κ3) is 4.45. The maximum Gasteiger partial charge on any atom is 0.227 e. The Morgan fingerprint density at radius 3 is 2.58 bits per heavy atom. The summed E-state index contributed by atoms with van der Waals surface area (Å²) in [6.07, 6.45) is 4.54. The van der Waals surface area contributed by atoms with Crippen LogP contribution in [0.2, 0.25) is 0 Å². The summed E-state index contributed by atoms with van der Waals surface area (Å²) in [5.74, 6) is 0.247. The van der Waals surface area contributed by atoms with Crippen LogP contribution in [0, 0.1) is 0 Å². The van der Waals surface area contributed by atoms with E-state index in [0.717, 1.165) is 42.7 Å². The zero-order valence-corrected chi connectivity index (χ0v) is 16.7. The maximum absolute atomic E-state index is 12.4. The molecule has 2 aromatic heterocycles. The summed E-state index contributed by atoms with van der Waals surface area (Å²) >= 11 is 3.40. The van der Waals surface area contributed by atoms with E-state index >= 15 is 0 Å². The number of piperidine rings is 1. The number of anilines is 1. The number of carbonyl (C=O) groups is 1. The highest BCUT2D eigenvalue weighted by atomic mass is 32.1. The lowest BCUT2D eigenvalue weighted by Crippen LogP contribution is -2.49. The Morgan fingerprint density at radius 1 is 1.04 bits per heavy atom. The average Bonchev–Trinajstić information content (AvgIpc) is 3.35. The van der Waals surface area contributed by atoms with Crippen molar-refractivity contribution in [2.75, 3.05) is 44.2 Å². The summed E-state index contributed by atoms with van der Waals surface area (Å²) in [4.78, 5) is 25.3. The molecule has 2 aromatic rings. The second kappa shape index (κ2) is 8.50. The topological polar surface area (TPSA) is 39.7 Å². The van der Waals surface area contributed by atoms with E-state index < -0.39 is 0 Å². The van der Waals surface area contributed by atoms with Gasteiger partial charge in [0, 0.05) is 43.0 Å². The van der Waals surface area contributed by atoms with Crippen LogP contribution in [0.25, 0.3) is 0 Å². The number of thiophene rings is 1. The molecule has 7 heteroatoms. The fourth-order valence-electron chi connectivity index (χ4n) is 3.68. The second-order valence-electron chi connectivity index (χ2n) is 7.08. The van der Waals surface area contributed by atoms with Crippen molar-refractivity contribution in [2.45, 2.75) is 32.2 Å². The normalized spacial score (nSPS) is 19.1. The molecule has 0 spiro atoms. The highest BCUT2D eigenvalue weighted by Gasteiger charge is 2.23. The fourth-order valence-corrected chi connectivity index (χ4v) is 5.25. The smallest absolute Gasteiger partial charge is 0.227 e. The number of piperazine rings is 1. The van der Waals surface area contributed by atoms with Crippen molar-refractivity contribution in [3.63, 3.8) is 0 Å². The molecule has 0 radical (unpaired) electrons. The van der Waals surface area contributed by atoms with Crippen LogP contribution in [-0.4, -0.2) is 60.0 Å². The monoisotopic (exact) mass is 390 g/mol. The van der Waals surface area contributed by atoms with E-state index in [-0.39, 0.29) is 5.91 Å². The lowest BCUT2D eigenvalue weighted by molar-refractivity contribution is -0.130. The molecule has 4 heterocycles. The van der Waals surface area contributed by atoms with Crippen molar-refractivity contribution in [3.8, 4) is 0 Å². The minimum atomic E-state index is 0.247. The molecule has 0 aliphatic carbocycles. The van der Waals surface area contributed by atoms with Gasteiger partial charge < -0.3 is 9.80 Å². The SMILES string of the molecule is O=C(Cc1cccs1)N1CCN(c2nc(CN3CCCCC3)cs2)CC1. The van der Waals surface area contributed by atoms with Gasteiger partial charge >= 0.3 is 0 Å². The molecule has 0 bridgehead atoms. The van der Waals surface area contributed by atoms with E-state index in [4.69, 9.17) is 4.98 Å². The third-order valence-corrected chi connectivity index (χ3v) is 7.01. The predicted molar refractivity (Wildman–Crippen MR) is 108 cm³/mol. The number of hydrogen-bond donors (Lipinski definition) is 0. The lowest BCUT2D eigenvalue weighted by atomic mass is 10.1. The zero-order valence-electron chi connectivity index (χ0n) is 15.1. The Hall–Kier alpha value is -1.44. The highest BCUT2D eigenvalue weighted by molar-refractivity contribution is 7.13. The molecule has 2 fully saturated rings. The fraction of sp³-hybridized carbons (Fsp3) is 0.579. The first kappa shape index (κ1) is 17.9. The van der Waals surface area contributed by atoms with Crippen LogP contribution in [0.5, 0.6) is 0 Å². The van der Waals surface area contributed by atoms with Crippen LogP contribution < -0.4 is 4.90 Å². The van der Waals surface area contributed by atoms with Crippen LogP contribution >= 0.6 is 22.7 Å². The zero-order chi connectivity index (χ0) is 17.8. The number of nitrogens with zero attached hydrogens (tertiary/aromatic N) is 4. The van der Waals surface area contributed by atoms with Gasteiger partial charge in [-0.25, -0.2) is 4.98 Å². The quantitative estimate of drug-likeness (QED) is 0.787. The van der Waals surface area contributed by atoms with Crippen molar-refractivity contribution in [1.29, 1.82) is 0 Å². The van der Waals surface area contributed by atoms with Gasteiger partial charge in [-0.15, -0.1) is 22.7 Å². The molecule has 5 nitrogen and oxygen atoms in total. The molecule has 2 saturated heterocycles.